The average Bonchev–Trinajstić information content (AvgIpc) is 2.53. The molecule has 0 aliphatic carbocycles. The van der Waals surface area contributed by atoms with Gasteiger partial charge < -0.3 is 42.7 Å². The van der Waals surface area contributed by atoms with E-state index in [9.17, 15) is 4.79 Å². The Labute approximate surface area is 161 Å². The van der Waals surface area contributed by atoms with Crippen molar-refractivity contribution in [1.29, 1.82) is 0 Å². The van der Waals surface area contributed by atoms with Crippen LogP contribution in [0.15, 0.2) is 36.4 Å². The zero-order valence-corrected chi connectivity index (χ0v) is 16.9. The second-order valence-corrected chi connectivity index (χ2v) is 6.80. The predicted octanol–water partition coefficient (Wildman–Crippen LogP) is -0.142. The summed E-state index contributed by atoms with van der Waals surface area (Å²) in [5.41, 5.74) is 0.989. The molecular weight excluding hydrogens is 417 g/mol. The third-order valence-electron chi connectivity index (χ3n) is 3.87. The molecule has 1 unspecified atom stereocenters. The van der Waals surface area contributed by atoms with E-state index in [1.54, 1.807) is 7.11 Å². The Kier molecular flexibility index (Phi) is 8.12. The molecule has 0 aliphatic heterocycles. The van der Waals surface area contributed by atoms with Crippen LogP contribution < -0.4 is 28.7 Å². The Morgan fingerprint density at radius 2 is 1.75 bits per heavy atom. The third-order valence-corrected chi connectivity index (χ3v) is 3.87. The van der Waals surface area contributed by atoms with Crippen molar-refractivity contribution in [3.05, 3.63) is 42.0 Å². The van der Waals surface area contributed by atoms with Gasteiger partial charge in [-0.25, -0.2) is 0 Å². The fourth-order valence-corrected chi connectivity index (χ4v) is 2.36. The highest BCUT2D eigenvalue weighted by Gasteiger charge is 2.13. The van der Waals surface area contributed by atoms with E-state index in [-0.39, 0.29) is 29.9 Å². The van der Waals surface area contributed by atoms with Crippen LogP contribution in [0.2, 0.25) is 0 Å². The molecule has 0 N–H and O–H groups in total. The number of methoxy groups -OCH3 is 1. The fourth-order valence-electron chi connectivity index (χ4n) is 2.36. The second kappa shape index (κ2) is 9.34. The van der Waals surface area contributed by atoms with E-state index in [0.29, 0.717) is 13.2 Å². The summed E-state index contributed by atoms with van der Waals surface area (Å²) in [4.78, 5) is 11.4. The van der Waals surface area contributed by atoms with Crippen molar-refractivity contribution in [2.45, 2.75) is 5.92 Å². The first-order valence-corrected chi connectivity index (χ1v) is 7.84. The molecule has 0 bridgehead atoms. The zero-order valence-electron chi connectivity index (χ0n) is 14.8. The number of aldehydes is 1. The van der Waals surface area contributed by atoms with Gasteiger partial charge in [0.25, 0.3) is 0 Å². The Morgan fingerprint density at radius 3 is 2.38 bits per heavy atom. The summed E-state index contributed by atoms with van der Waals surface area (Å²) in [5.74, 6) is 0.606. The van der Waals surface area contributed by atoms with Crippen molar-refractivity contribution in [1.82, 2.24) is 0 Å². The summed E-state index contributed by atoms with van der Waals surface area (Å²) >= 11 is 0. The van der Waals surface area contributed by atoms with Gasteiger partial charge in [-0.3, -0.25) is 0 Å². The van der Waals surface area contributed by atoms with Crippen molar-refractivity contribution in [3.63, 3.8) is 0 Å². The molecule has 0 radical (unpaired) electrons. The van der Waals surface area contributed by atoms with Crippen LogP contribution in [0, 0.1) is 0 Å². The summed E-state index contributed by atoms with van der Waals surface area (Å²) < 4.78 is 11.8. The van der Waals surface area contributed by atoms with Gasteiger partial charge >= 0.3 is 0 Å². The maximum absolute atomic E-state index is 11.4. The molecular formula is C19H26INO3. The molecule has 0 heterocycles. The van der Waals surface area contributed by atoms with Crippen LogP contribution in [0.3, 0.4) is 0 Å². The molecule has 2 rings (SSSR count). The molecule has 1 atom stereocenters. The lowest BCUT2D eigenvalue weighted by Gasteiger charge is -2.24. The number of halogens is 1. The number of benzene rings is 2. The van der Waals surface area contributed by atoms with Gasteiger partial charge in [0.05, 0.1) is 47.4 Å². The first kappa shape index (κ1) is 20.9. The topological polar surface area (TPSA) is 35.5 Å². The predicted molar refractivity (Wildman–Crippen MR) is 93.0 cm³/mol. The minimum atomic E-state index is -0.228. The van der Waals surface area contributed by atoms with Gasteiger partial charge in [0.2, 0.25) is 0 Å². The standard InChI is InChI=1S/C19H26NO3.HI/c1-20(2,3)9-10-23-14-18(13-21)16-5-6-17-12-19(22-4)8-7-15(17)11-16;/h5-8,11-13,18H,9-10,14H2,1-4H3;1H/q+1;/p-1. The van der Waals surface area contributed by atoms with Crippen LogP contribution in [-0.2, 0) is 9.53 Å². The second-order valence-electron chi connectivity index (χ2n) is 6.80. The summed E-state index contributed by atoms with van der Waals surface area (Å²) in [6.45, 7) is 1.99. The summed E-state index contributed by atoms with van der Waals surface area (Å²) in [7, 11) is 8.03. The Bertz CT molecular complexity index is 667. The molecule has 0 spiro atoms. The number of carbonyl (C=O) groups is 1. The molecule has 24 heavy (non-hydrogen) atoms. The van der Waals surface area contributed by atoms with Crippen molar-refractivity contribution < 1.29 is 42.7 Å². The number of likely N-dealkylation sites (N-methyl/N-ethyl adjacent to an activating group) is 1. The van der Waals surface area contributed by atoms with Crippen LogP contribution in [0.1, 0.15) is 11.5 Å². The average molecular weight is 443 g/mol. The van der Waals surface area contributed by atoms with E-state index in [1.807, 2.05) is 30.3 Å². The molecule has 132 valence electrons. The summed E-state index contributed by atoms with van der Waals surface area (Å²) in [5, 5.41) is 2.20. The van der Waals surface area contributed by atoms with Crippen LogP contribution in [0.5, 0.6) is 5.75 Å². The number of nitrogens with zero attached hydrogens (tertiary/aromatic N) is 1. The van der Waals surface area contributed by atoms with E-state index >= 15 is 0 Å². The van der Waals surface area contributed by atoms with E-state index < -0.39 is 0 Å². The van der Waals surface area contributed by atoms with Crippen molar-refractivity contribution >= 4 is 17.1 Å². The van der Waals surface area contributed by atoms with Crippen LogP contribution in [0.25, 0.3) is 10.8 Å². The maximum atomic E-state index is 11.4. The third kappa shape index (κ3) is 6.03. The molecule has 0 aromatic heterocycles. The highest BCUT2D eigenvalue weighted by Crippen LogP contribution is 2.24. The minimum absolute atomic E-state index is 0. The summed E-state index contributed by atoms with van der Waals surface area (Å²) in [6, 6.07) is 12.0. The molecule has 5 heteroatoms. The number of fused-ring (bicyclic) bond motifs is 1. The number of hydrogen-bond donors (Lipinski definition) is 0. The van der Waals surface area contributed by atoms with Gasteiger partial charge in [0.15, 0.2) is 0 Å². The van der Waals surface area contributed by atoms with Gasteiger partial charge in [-0.2, -0.15) is 0 Å². The SMILES string of the molecule is COc1ccc2cc(C(C=O)COCC[N+](C)(C)C)ccc2c1.[I-]. The minimum Gasteiger partial charge on any atom is -1.00 e. The van der Waals surface area contributed by atoms with E-state index in [2.05, 4.69) is 27.2 Å². The molecule has 0 saturated carbocycles. The highest BCUT2D eigenvalue weighted by molar-refractivity contribution is 5.85. The van der Waals surface area contributed by atoms with E-state index in [4.69, 9.17) is 9.47 Å². The molecule has 0 amide bonds. The Balaban J connectivity index is 0.00000288. The van der Waals surface area contributed by atoms with Gasteiger partial charge in [0.1, 0.15) is 18.6 Å². The number of rotatable bonds is 8. The lowest BCUT2D eigenvalue weighted by molar-refractivity contribution is -0.870. The van der Waals surface area contributed by atoms with Crippen molar-refractivity contribution in [2.24, 2.45) is 0 Å². The number of ether oxygens (including phenoxy) is 2. The Morgan fingerprint density at radius 1 is 1.08 bits per heavy atom. The maximum Gasteiger partial charge on any atom is 0.129 e. The number of hydrogen-bond acceptors (Lipinski definition) is 3. The zero-order chi connectivity index (χ0) is 16.9. The largest absolute Gasteiger partial charge is 1.00 e. The summed E-state index contributed by atoms with van der Waals surface area (Å²) in [6.07, 6.45) is 0.969. The molecule has 0 fully saturated rings. The number of quaternary nitrogens is 1. The van der Waals surface area contributed by atoms with Gasteiger partial charge in [-0.05, 0) is 28.5 Å². The molecule has 0 aliphatic rings. The van der Waals surface area contributed by atoms with Crippen LogP contribution in [-0.4, -0.2) is 58.8 Å². The molecule has 2 aromatic carbocycles. The first-order valence-electron chi connectivity index (χ1n) is 7.84. The van der Waals surface area contributed by atoms with E-state index in [0.717, 1.165) is 39.4 Å². The monoisotopic (exact) mass is 443 g/mol. The van der Waals surface area contributed by atoms with Crippen molar-refractivity contribution in [2.75, 3.05) is 48.0 Å². The van der Waals surface area contributed by atoms with Gasteiger partial charge in [0, 0.05) is 0 Å². The lowest BCUT2D eigenvalue weighted by atomic mass is 9.98. The molecule has 0 saturated heterocycles. The van der Waals surface area contributed by atoms with Crippen LogP contribution in [0.4, 0.5) is 0 Å². The highest BCUT2D eigenvalue weighted by atomic mass is 127. The molecule has 4 nitrogen and oxygen atoms in total. The van der Waals surface area contributed by atoms with Crippen LogP contribution >= 0.6 is 0 Å². The fraction of sp³-hybridized carbons (Fsp3) is 0.421. The van der Waals surface area contributed by atoms with E-state index in [1.165, 1.54) is 0 Å². The lowest BCUT2D eigenvalue weighted by Crippen LogP contribution is -3.00. The van der Waals surface area contributed by atoms with Crippen molar-refractivity contribution in [3.8, 4) is 5.75 Å². The Hall–Kier alpha value is -1.18. The van der Waals surface area contributed by atoms with Gasteiger partial charge in [-0.1, -0.05) is 24.3 Å². The smallest absolute Gasteiger partial charge is 0.129 e. The normalized spacial score (nSPS) is 12.5. The first-order chi connectivity index (χ1) is 10.9. The molecule has 2 aromatic rings. The van der Waals surface area contributed by atoms with Gasteiger partial charge in [-0.15, -0.1) is 0 Å². The number of carbonyl (C=O) groups excluding carboxylic acids is 1. The quantitative estimate of drug-likeness (QED) is 0.247.